The summed E-state index contributed by atoms with van der Waals surface area (Å²) in [5.74, 6) is -0.190. The van der Waals surface area contributed by atoms with E-state index >= 15 is 0 Å². The topological polar surface area (TPSA) is 32.8 Å². The molecule has 0 saturated heterocycles. The van der Waals surface area contributed by atoms with Crippen molar-refractivity contribution >= 4 is 5.97 Å². The normalized spacial score (nSPS) is 25.1. The van der Waals surface area contributed by atoms with Gasteiger partial charge in [0.2, 0.25) is 0 Å². The van der Waals surface area contributed by atoms with E-state index < -0.39 is 0 Å². The highest BCUT2D eigenvalue weighted by Crippen LogP contribution is 2.50. The molecule has 0 radical (unpaired) electrons. The van der Waals surface area contributed by atoms with Gasteiger partial charge in [-0.3, -0.25) is 14.6 Å². The van der Waals surface area contributed by atoms with Gasteiger partial charge >= 0.3 is 5.97 Å². The maximum absolute atomic E-state index is 12.0. The van der Waals surface area contributed by atoms with Crippen LogP contribution in [-0.2, 0) is 20.6 Å². The first kappa shape index (κ1) is 20.6. The van der Waals surface area contributed by atoms with Gasteiger partial charge in [-0.25, -0.2) is 0 Å². The predicted molar refractivity (Wildman–Crippen MR) is 113 cm³/mol. The van der Waals surface area contributed by atoms with E-state index in [1.54, 1.807) is 0 Å². The van der Waals surface area contributed by atoms with Crippen LogP contribution in [0.15, 0.2) is 60.7 Å². The molecule has 1 fully saturated rings. The third-order valence-electron chi connectivity index (χ3n) is 6.71. The van der Waals surface area contributed by atoms with Crippen molar-refractivity contribution in [3.8, 4) is 0 Å². The van der Waals surface area contributed by atoms with Gasteiger partial charge in [-0.2, -0.15) is 0 Å². The molecule has 3 rings (SSSR count). The number of hydrogen-bond acceptors (Lipinski definition) is 4. The summed E-state index contributed by atoms with van der Waals surface area (Å²) in [5, 5.41) is 0. The Morgan fingerprint density at radius 2 is 1.25 bits per heavy atom. The molecule has 4 nitrogen and oxygen atoms in total. The number of nitrogens with zero attached hydrogens (tertiary/aromatic N) is 2. The van der Waals surface area contributed by atoms with E-state index in [1.807, 2.05) is 0 Å². The van der Waals surface area contributed by atoms with Crippen LogP contribution in [-0.4, -0.2) is 50.6 Å². The largest absolute Gasteiger partial charge is 0.468 e. The van der Waals surface area contributed by atoms with Crippen LogP contribution in [0.1, 0.15) is 36.8 Å². The maximum atomic E-state index is 12.0. The molecule has 0 N–H and O–H groups in total. The summed E-state index contributed by atoms with van der Waals surface area (Å²) in [6, 6.07) is 21.4. The molecule has 0 aliphatic heterocycles. The molecule has 150 valence electrons. The van der Waals surface area contributed by atoms with Crippen molar-refractivity contribution < 1.29 is 9.53 Å². The number of ether oxygens (including phenoxy) is 1. The third kappa shape index (κ3) is 3.71. The van der Waals surface area contributed by atoms with E-state index in [-0.39, 0.29) is 17.0 Å². The molecule has 0 atom stereocenters. The van der Waals surface area contributed by atoms with Crippen molar-refractivity contribution in [2.75, 3.05) is 34.8 Å². The van der Waals surface area contributed by atoms with E-state index in [4.69, 9.17) is 4.74 Å². The highest BCUT2D eigenvalue weighted by molar-refractivity contribution is 5.71. The van der Waals surface area contributed by atoms with Gasteiger partial charge in [-0.15, -0.1) is 0 Å². The van der Waals surface area contributed by atoms with E-state index in [0.29, 0.717) is 6.54 Å². The third-order valence-corrected chi connectivity index (χ3v) is 6.71. The van der Waals surface area contributed by atoms with Crippen LogP contribution < -0.4 is 0 Å². The van der Waals surface area contributed by atoms with Crippen molar-refractivity contribution in [2.24, 2.45) is 0 Å². The summed E-state index contributed by atoms with van der Waals surface area (Å²) in [7, 11) is 7.87. The Hall–Kier alpha value is -2.17. The number of benzene rings is 2. The van der Waals surface area contributed by atoms with Crippen LogP contribution in [0.3, 0.4) is 0 Å². The Labute approximate surface area is 169 Å². The molecule has 0 bridgehead atoms. The van der Waals surface area contributed by atoms with Crippen molar-refractivity contribution in [3.05, 3.63) is 71.8 Å². The van der Waals surface area contributed by atoms with Crippen LogP contribution in [0, 0.1) is 0 Å². The molecule has 0 amide bonds. The average Bonchev–Trinajstić information content (AvgIpc) is 2.74. The van der Waals surface area contributed by atoms with E-state index in [9.17, 15) is 4.79 Å². The predicted octanol–water partition coefficient (Wildman–Crippen LogP) is 4.02. The Morgan fingerprint density at radius 1 is 0.821 bits per heavy atom. The highest BCUT2D eigenvalue weighted by Gasteiger charge is 2.47. The highest BCUT2D eigenvalue weighted by atomic mass is 16.5. The summed E-state index contributed by atoms with van der Waals surface area (Å²) in [6.07, 6.45) is 4.03. The molecule has 0 unspecified atom stereocenters. The zero-order valence-electron chi connectivity index (χ0n) is 17.5. The fraction of sp³-hybridized carbons (Fsp3) is 0.458. The lowest BCUT2D eigenvalue weighted by molar-refractivity contribution is -0.144. The van der Waals surface area contributed by atoms with E-state index in [2.05, 4.69) is 91.6 Å². The Bertz CT molecular complexity index is 766. The molecule has 0 aromatic heterocycles. The second-order valence-electron chi connectivity index (χ2n) is 8.12. The van der Waals surface area contributed by atoms with Gasteiger partial charge in [0.25, 0.3) is 0 Å². The maximum Gasteiger partial charge on any atom is 0.319 e. The van der Waals surface area contributed by atoms with Gasteiger partial charge in [-0.1, -0.05) is 60.7 Å². The van der Waals surface area contributed by atoms with Gasteiger partial charge in [0, 0.05) is 11.1 Å². The van der Waals surface area contributed by atoms with E-state index in [1.165, 1.54) is 18.2 Å². The van der Waals surface area contributed by atoms with Crippen molar-refractivity contribution in [1.29, 1.82) is 0 Å². The minimum Gasteiger partial charge on any atom is -0.468 e. The van der Waals surface area contributed by atoms with Gasteiger partial charge in [0.1, 0.15) is 0 Å². The molecule has 1 aliphatic rings. The number of hydrogen-bond donors (Lipinski definition) is 0. The summed E-state index contributed by atoms with van der Waals surface area (Å²) < 4.78 is 4.95. The minimum atomic E-state index is -0.190. The molecule has 0 spiro atoms. The second-order valence-corrected chi connectivity index (χ2v) is 8.12. The molecule has 0 heterocycles. The van der Waals surface area contributed by atoms with Gasteiger partial charge in [0.15, 0.2) is 0 Å². The number of esters is 1. The molecule has 28 heavy (non-hydrogen) atoms. The standard InChI is InChI=1S/C24H32N2O2/c1-25(2)23(20-11-7-5-8-12-20)15-17-24(18-16-23,21-13-9-6-10-14-21)26(3)19-22(27)28-4/h5-14H,15-19H2,1-4H3. The minimum absolute atomic E-state index is 0.0195. The lowest BCUT2D eigenvalue weighted by Crippen LogP contribution is -2.54. The van der Waals surface area contributed by atoms with Crippen LogP contribution in [0.25, 0.3) is 0 Å². The van der Waals surface area contributed by atoms with Crippen LogP contribution in [0.2, 0.25) is 0 Å². The smallest absolute Gasteiger partial charge is 0.319 e. The summed E-state index contributed by atoms with van der Waals surface area (Å²) in [5.41, 5.74) is 2.51. The van der Waals surface area contributed by atoms with Crippen molar-refractivity contribution in [3.63, 3.8) is 0 Å². The number of carbonyl (C=O) groups is 1. The van der Waals surface area contributed by atoms with Gasteiger partial charge in [-0.05, 0) is 58.0 Å². The molecule has 1 aliphatic carbocycles. The molecule has 4 heteroatoms. The van der Waals surface area contributed by atoms with Crippen molar-refractivity contribution in [2.45, 2.75) is 36.8 Å². The molecular formula is C24H32N2O2. The first-order valence-electron chi connectivity index (χ1n) is 10.0. The Morgan fingerprint density at radius 3 is 1.68 bits per heavy atom. The average molecular weight is 381 g/mol. The first-order chi connectivity index (χ1) is 13.4. The number of likely N-dealkylation sites (N-methyl/N-ethyl adjacent to an activating group) is 1. The van der Waals surface area contributed by atoms with Crippen LogP contribution in [0.4, 0.5) is 0 Å². The summed E-state index contributed by atoms with van der Waals surface area (Å²) in [6.45, 7) is 0.297. The molecule has 1 saturated carbocycles. The molecular weight excluding hydrogens is 348 g/mol. The fourth-order valence-corrected chi connectivity index (χ4v) is 4.87. The first-order valence-corrected chi connectivity index (χ1v) is 10.0. The van der Waals surface area contributed by atoms with Crippen LogP contribution >= 0.6 is 0 Å². The van der Waals surface area contributed by atoms with Gasteiger partial charge in [0.05, 0.1) is 13.7 Å². The van der Waals surface area contributed by atoms with E-state index in [0.717, 1.165) is 25.7 Å². The number of rotatable bonds is 6. The Balaban J connectivity index is 1.95. The zero-order chi connectivity index (χ0) is 20.2. The lowest BCUT2D eigenvalue weighted by Gasteiger charge is -2.53. The second kappa shape index (κ2) is 8.46. The summed E-state index contributed by atoms with van der Waals surface area (Å²) >= 11 is 0. The quantitative estimate of drug-likeness (QED) is 0.709. The number of methoxy groups -OCH3 is 1. The molecule has 2 aromatic carbocycles. The number of carbonyl (C=O) groups excluding carboxylic acids is 1. The SMILES string of the molecule is COC(=O)CN(C)C1(c2ccccc2)CCC(c2ccccc2)(N(C)C)CC1. The van der Waals surface area contributed by atoms with Crippen LogP contribution in [0.5, 0.6) is 0 Å². The Kier molecular flexibility index (Phi) is 6.21. The summed E-state index contributed by atoms with van der Waals surface area (Å²) in [4.78, 5) is 16.6. The monoisotopic (exact) mass is 380 g/mol. The van der Waals surface area contributed by atoms with Gasteiger partial charge < -0.3 is 4.74 Å². The lowest BCUT2D eigenvalue weighted by atomic mass is 9.66. The zero-order valence-corrected chi connectivity index (χ0v) is 17.5. The van der Waals surface area contributed by atoms with Crippen molar-refractivity contribution in [1.82, 2.24) is 9.80 Å². The molecule has 2 aromatic rings. The fourth-order valence-electron chi connectivity index (χ4n) is 4.87.